The van der Waals surface area contributed by atoms with Gasteiger partial charge in [-0.25, -0.2) is 0 Å². The standard InChI is InChI=1S/C14H15Br2ClN2S/c1-2-5-18-12(7-10-3-4-13(17)20-10)14-11(16)6-9(15)8-19-14/h3-4,6,8,12,18H,2,5,7H2,1H3. The zero-order valence-corrected chi connectivity index (χ0v) is 15.7. The summed E-state index contributed by atoms with van der Waals surface area (Å²) in [5.74, 6) is 0. The van der Waals surface area contributed by atoms with Crippen molar-refractivity contribution in [2.24, 2.45) is 0 Å². The predicted octanol–water partition coefficient (Wildman–Crippen LogP) is 5.60. The molecule has 2 aromatic rings. The van der Waals surface area contributed by atoms with Gasteiger partial charge in [0.25, 0.3) is 0 Å². The molecule has 0 fully saturated rings. The first-order chi connectivity index (χ1) is 9.60. The molecule has 2 aromatic heterocycles. The second-order valence-corrected chi connectivity index (χ2v) is 8.01. The Morgan fingerprint density at radius 1 is 1.40 bits per heavy atom. The fourth-order valence-electron chi connectivity index (χ4n) is 1.93. The molecule has 0 amide bonds. The SMILES string of the molecule is CCCNC(Cc1ccc(Cl)s1)c1ncc(Br)cc1Br. The number of pyridine rings is 1. The van der Waals surface area contributed by atoms with Gasteiger partial charge in [0.15, 0.2) is 0 Å². The van der Waals surface area contributed by atoms with Crippen LogP contribution in [0.15, 0.2) is 33.3 Å². The van der Waals surface area contributed by atoms with Gasteiger partial charge in [-0.1, -0.05) is 18.5 Å². The van der Waals surface area contributed by atoms with E-state index < -0.39 is 0 Å². The highest BCUT2D eigenvalue weighted by molar-refractivity contribution is 9.11. The number of nitrogens with zero attached hydrogens (tertiary/aromatic N) is 1. The Labute approximate surface area is 145 Å². The number of thiophene rings is 1. The van der Waals surface area contributed by atoms with Gasteiger partial charge in [0.2, 0.25) is 0 Å². The molecule has 2 heterocycles. The zero-order chi connectivity index (χ0) is 14.5. The number of nitrogens with one attached hydrogen (secondary N) is 1. The molecule has 108 valence electrons. The van der Waals surface area contributed by atoms with Crippen LogP contribution in [0.3, 0.4) is 0 Å². The van der Waals surface area contributed by atoms with E-state index in [0.29, 0.717) is 0 Å². The highest BCUT2D eigenvalue weighted by Crippen LogP contribution is 2.30. The lowest BCUT2D eigenvalue weighted by molar-refractivity contribution is 0.518. The quantitative estimate of drug-likeness (QED) is 0.635. The number of halogens is 3. The van der Waals surface area contributed by atoms with Crippen LogP contribution >= 0.6 is 54.8 Å². The highest BCUT2D eigenvalue weighted by atomic mass is 79.9. The van der Waals surface area contributed by atoms with Crippen LogP contribution in [-0.4, -0.2) is 11.5 Å². The molecule has 0 bridgehead atoms. The van der Waals surface area contributed by atoms with E-state index in [1.807, 2.05) is 18.3 Å². The third kappa shape index (κ3) is 4.53. The van der Waals surface area contributed by atoms with Gasteiger partial charge in [-0.2, -0.15) is 0 Å². The molecule has 2 nitrogen and oxygen atoms in total. The van der Waals surface area contributed by atoms with Crippen molar-refractivity contribution in [2.75, 3.05) is 6.54 Å². The Morgan fingerprint density at radius 3 is 2.80 bits per heavy atom. The normalized spacial score (nSPS) is 12.6. The Kier molecular flexibility index (Phi) is 6.49. The molecule has 6 heteroatoms. The summed E-state index contributed by atoms with van der Waals surface area (Å²) in [6.07, 6.45) is 3.82. The molecule has 1 atom stereocenters. The van der Waals surface area contributed by atoms with E-state index in [0.717, 1.165) is 38.4 Å². The second-order valence-electron chi connectivity index (χ2n) is 4.44. The third-order valence-electron chi connectivity index (χ3n) is 2.84. The lowest BCUT2D eigenvalue weighted by Gasteiger charge is -2.18. The van der Waals surface area contributed by atoms with E-state index in [-0.39, 0.29) is 6.04 Å². The molecule has 0 radical (unpaired) electrons. The molecule has 0 saturated heterocycles. The van der Waals surface area contributed by atoms with Crippen LogP contribution < -0.4 is 5.32 Å². The van der Waals surface area contributed by atoms with Crippen molar-refractivity contribution in [3.8, 4) is 0 Å². The third-order valence-corrected chi connectivity index (χ3v) is 5.16. The summed E-state index contributed by atoms with van der Waals surface area (Å²) in [7, 11) is 0. The van der Waals surface area contributed by atoms with E-state index in [9.17, 15) is 0 Å². The number of hydrogen-bond acceptors (Lipinski definition) is 3. The van der Waals surface area contributed by atoms with E-state index in [1.165, 1.54) is 4.88 Å². The first kappa shape index (κ1) is 16.4. The Balaban J connectivity index is 2.22. The van der Waals surface area contributed by atoms with Crippen LogP contribution in [0.5, 0.6) is 0 Å². The summed E-state index contributed by atoms with van der Waals surface area (Å²) < 4.78 is 2.82. The maximum Gasteiger partial charge on any atom is 0.0931 e. The summed E-state index contributed by atoms with van der Waals surface area (Å²) in [6, 6.07) is 6.25. The number of hydrogen-bond donors (Lipinski definition) is 1. The molecule has 0 aliphatic rings. The monoisotopic (exact) mass is 436 g/mol. The van der Waals surface area contributed by atoms with Gasteiger partial charge >= 0.3 is 0 Å². The minimum absolute atomic E-state index is 0.187. The van der Waals surface area contributed by atoms with E-state index in [1.54, 1.807) is 11.3 Å². The van der Waals surface area contributed by atoms with Crippen LogP contribution in [-0.2, 0) is 6.42 Å². The molecular weight excluding hydrogens is 423 g/mol. The molecule has 1 N–H and O–H groups in total. The lowest BCUT2D eigenvalue weighted by Crippen LogP contribution is -2.25. The van der Waals surface area contributed by atoms with Crippen molar-refractivity contribution in [3.05, 3.63) is 48.2 Å². The Bertz CT molecular complexity index is 574. The molecule has 0 aromatic carbocycles. The summed E-state index contributed by atoms with van der Waals surface area (Å²) in [5, 5.41) is 3.56. The van der Waals surface area contributed by atoms with Gasteiger partial charge in [0.1, 0.15) is 0 Å². The Hall–Kier alpha value is 0.0600. The zero-order valence-electron chi connectivity index (χ0n) is 11.0. The maximum atomic E-state index is 6.01. The van der Waals surface area contributed by atoms with Crippen molar-refractivity contribution < 1.29 is 0 Å². The molecule has 1 unspecified atom stereocenters. The lowest BCUT2D eigenvalue weighted by atomic mass is 10.1. The average molecular weight is 439 g/mol. The van der Waals surface area contributed by atoms with Gasteiger partial charge in [-0.15, -0.1) is 11.3 Å². The highest BCUT2D eigenvalue weighted by Gasteiger charge is 2.17. The smallest absolute Gasteiger partial charge is 0.0931 e. The van der Waals surface area contributed by atoms with Gasteiger partial charge in [-0.3, -0.25) is 4.98 Å². The predicted molar refractivity (Wildman–Crippen MR) is 93.7 cm³/mol. The summed E-state index contributed by atoms with van der Waals surface area (Å²) in [6.45, 7) is 3.13. The minimum Gasteiger partial charge on any atom is -0.308 e. The summed E-state index contributed by atoms with van der Waals surface area (Å²) in [4.78, 5) is 5.81. The second kappa shape index (κ2) is 7.90. The van der Waals surface area contributed by atoms with E-state index >= 15 is 0 Å². The Morgan fingerprint density at radius 2 is 2.20 bits per heavy atom. The average Bonchev–Trinajstić information content (AvgIpc) is 2.80. The molecule has 0 aliphatic heterocycles. The topological polar surface area (TPSA) is 24.9 Å². The first-order valence-corrected chi connectivity index (χ1v) is 9.16. The van der Waals surface area contributed by atoms with Crippen LogP contribution in [0.1, 0.15) is 30.0 Å². The largest absolute Gasteiger partial charge is 0.308 e. The van der Waals surface area contributed by atoms with Crippen LogP contribution in [0.25, 0.3) is 0 Å². The number of rotatable bonds is 6. The maximum absolute atomic E-state index is 6.01. The van der Waals surface area contributed by atoms with Crippen molar-refractivity contribution in [1.82, 2.24) is 10.3 Å². The molecule has 20 heavy (non-hydrogen) atoms. The van der Waals surface area contributed by atoms with Crippen molar-refractivity contribution in [3.63, 3.8) is 0 Å². The molecule has 0 saturated carbocycles. The summed E-state index contributed by atoms with van der Waals surface area (Å²) in [5.41, 5.74) is 1.03. The first-order valence-electron chi connectivity index (χ1n) is 6.38. The minimum atomic E-state index is 0.187. The van der Waals surface area contributed by atoms with Crippen LogP contribution in [0, 0.1) is 0 Å². The summed E-state index contributed by atoms with van der Waals surface area (Å²) >= 11 is 14.7. The van der Waals surface area contributed by atoms with Gasteiger partial charge in [0, 0.05) is 26.4 Å². The molecule has 0 aliphatic carbocycles. The molecule has 2 rings (SSSR count). The fourth-order valence-corrected chi connectivity index (χ4v) is 4.33. The van der Waals surface area contributed by atoms with Crippen LogP contribution in [0.4, 0.5) is 0 Å². The van der Waals surface area contributed by atoms with E-state index in [4.69, 9.17) is 11.6 Å². The van der Waals surface area contributed by atoms with Crippen molar-refractivity contribution in [1.29, 1.82) is 0 Å². The molecule has 0 spiro atoms. The van der Waals surface area contributed by atoms with Gasteiger partial charge in [0.05, 0.1) is 16.1 Å². The van der Waals surface area contributed by atoms with Gasteiger partial charge in [-0.05, 0) is 63.0 Å². The number of aromatic nitrogens is 1. The molecular formula is C14H15Br2ClN2S. The van der Waals surface area contributed by atoms with Crippen molar-refractivity contribution >= 4 is 54.8 Å². The van der Waals surface area contributed by atoms with Crippen molar-refractivity contribution in [2.45, 2.75) is 25.8 Å². The van der Waals surface area contributed by atoms with Crippen LogP contribution in [0.2, 0.25) is 4.34 Å². The van der Waals surface area contributed by atoms with Gasteiger partial charge < -0.3 is 5.32 Å². The fraction of sp³-hybridized carbons (Fsp3) is 0.357. The van der Waals surface area contributed by atoms with E-state index in [2.05, 4.69) is 55.2 Å².